The molecular formula is C22H23N5OS. The van der Waals surface area contributed by atoms with Crippen LogP contribution in [0.4, 0.5) is 5.95 Å². The van der Waals surface area contributed by atoms with Gasteiger partial charge in [0, 0.05) is 18.8 Å². The molecule has 0 N–H and O–H groups in total. The van der Waals surface area contributed by atoms with Gasteiger partial charge in [0.05, 0.1) is 24.4 Å². The monoisotopic (exact) mass is 405 g/mol. The Kier molecular flexibility index (Phi) is 6.01. The normalized spacial score (nSPS) is 13.9. The number of rotatable bonds is 6. The predicted octanol–water partition coefficient (Wildman–Crippen LogP) is 4.43. The first-order valence-corrected chi connectivity index (χ1v) is 10.7. The molecule has 1 aliphatic heterocycles. The van der Waals surface area contributed by atoms with Crippen molar-refractivity contribution in [2.45, 2.75) is 30.2 Å². The summed E-state index contributed by atoms with van der Waals surface area (Å²) < 4.78 is 7.72. The second-order valence-electron chi connectivity index (χ2n) is 6.94. The number of nitrogens with zero attached hydrogens (tertiary/aromatic N) is 5. The minimum atomic E-state index is 0.670. The van der Waals surface area contributed by atoms with Crippen LogP contribution in [0.25, 0.3) is 5.69 Å². The molecule has 0 atom stereocenters. The number of nitriles is 1. The van der Waals surface area contributed by atoms with Crippen molar-refractivity contribution >= 4 is 17.7 Å². The van der Waals surface area contributed by atoms with E-state index < -0.39 is 0 Å². The summed E-state index contributed by atoms with van der Waals surface area (Å²) in [7, 11) is 1.68. The molecule has 148 valence electrons. The van der Waals surface area contributed by atoms with E-state index in [0.29, 0.717) is 11.3 Å². The molecule has 2 aromatic carbocycles. The van der Waals surface area contributed by atoms with Gasteiger partial charge in [0.2, 0.25) is 5.95 Å². The summed E-state index contributed by atoms with van der Waals surface area (Å²) in [5.74, 6) is 2.37. The number of thioether (sulfide) groups is 1. The molecule has 1 aromatic heterocycles. The fourth-order valence-corrected chi connectivity index (χ4v) is 4.44. The van der Waals surface area contributed by atoms with Gasteiger partial charge >= 0.3 is 0 Å². The van der Waals surface area contributed by atoms with Crippen LogP contribution in [0.1, 0.15) is 30.4 Å². The number of methoxy groups -OCH3 is 1. The number of anilines is 1. The topological polar surface area (TPSA) is 67.0 Å². The molecule has 0 saturated carbocycles. The summed E-state index contributed by atoms with van der Waals surface area (Å²) in [6.07, 6.45) is 3.60. The van der Waals surface area contributed by atoms with E-state index in [2.05, 4.69) is 25.7 Å². The standard InChI is InChI=1S/C22H23N5OS/c1-28-20-11-4-3-10-19(20)27-21(26-12-5-2-6-13-26)24-25-22(27)29-16-18-9-7-8-17(14-18)15-23/h3-4,7-11,14H,2,5-6,12-13,16H2,1H3. The molecule has 29 heavy (non-hydrogen) atoms. The van der Waals surface area contributed by atoms with Crippen molar-refractivity contribution in [3.05, 3.63) is 59.7 Å². The van der Waals surface area contributed by atoms with Gasteiger partial charge in [-0.25, -0.2) is 0 Å². The molecule has 1 aliphatic rings. The summed E-state index contributed by atoms with van der Waals surface area (Å²) in [6, 6.07) is 17.8. The highest BCUT2D eigenvalue weighted by atomic mass is 32.2. The van der Waals surface area contributed by atoms with Gasteiger partial charge in [0.15, 0.2) is 5.16 Å². The number of hydrogen-bond acceptors (Lipinski definition) is 6. The van der Waals surface area contributed by atoms with Crippen molar-refractivity contribution in [1.29, 1.82) is 5.26 Å². The van der Waals surface area contributed by atoms with Crippen LogP contribution in [-0.4, -0.2) is 35.0 Å². The molecule has 4 rings (SSSR count). The Hall–Kier alpha value is -2.98. The van der Waals surface area contributed by atoms with Gasteiger partial charge in [-0.2, -0.15) is 5.26 Å². The summed E-state index contributed by atoms with van der Waals surface area (Å²) in [5, 5.41) is 19.0. The Morgan fingerprint density at radius 1 is 1.07 bits per heavy atom. The van der Waals surface area contributed by atoms with E-state index in [4.69, 9.17) is 10.00 Å². The van der Waals surface area contributed by atoms with Crippen LogP contribution in [0.3, 0.4) is 0 Å². The zero-order valence-corrected chi connectivity index (χ0v) is 17.2. The van der Waals surface area contributed by atoms with Gasteiger partial charge in [-0.3, -0.25) is 4.57 Å². The zero-order valence-electron chi connectivity index (χ0n) is 16.4. The van der Waals surface area contributed by atoms with Crippen LogP contribution in [0, 0.1) is 11.3 Å². The van der Waals surface area contributed by atoms with Crippen LogP contribution in [-0.2, 0) is 5.75 Å². The van der Waals surface area contributed by atoms with E-state index in [1.807, 2.05) is 48.5 Å². The van der Waals surface area contributed by atoms with Crippen LogP contribution in [0.15, 0.2) is 53.7 Å². The Labute approximate surface area is 175 Å². The number of ether oxygens (including phenoxy) is 1. The maximum absolute atomic E-state index is 9.14. The highest BCUT2D eigenvalue weighted by molar-refractivity contribution is 7.98. The minimum absolute atomic E-state index is 0.670. The lowest BCUT2D eigenvalue weighted by molar-refractivity contribution is 0.412. The summed E-state index contributed by atoms with van der Waals surface area (Å²) in [5.41, 5.74) is 2.69. The quantitative estimate of drug-likeness (QED) is 0.565. The van der Waals surface area contributed by atoms with Crippen LogP contribution >= 0.6 is 11.8 Å². The molecule has 1 saturated heterocycles. The maximum Gasteiger partial charge on any atom is 0.232 e. The Morgan fingerprint density at radius 3 is 2.69 bits per heavy atom. The van der Waals surface area contributed by atoms with Gasteiger partial charge in [-0.1, -0.05) is 36.0 Å². The van der Waals surface area contributed by atoms with E-state index in [9.17, 15) is 0 Å². The number of para-hydroxylation sites is 2. The molecule has 6 nitrogen and oxygen atoms in total. The average molecular weight is 406 g/mol. The van der Waals surface area contributed by atoms with Gasteiger partial charge in [-0.05, 0) is 49.1 Å². The van der Waals surface area contributed by atoms with Crippen molar-refractivity contribution < 1.29 is 4.74 Å². The van der Waals surface area contributed by atoms with Crippen molar-refractivity contribution in [2.24, 2.45) is 0 Å². The molecule has 2 heterocycles. The first kappa shape index (κ1) is 19.3. The van der Waals surface area contributed by atoms with Crippen molar-refractivity contribution in [1.82, 2.24) is 14.8 Å². The van der Waals surface area contributed by atoms with E-state index in [0.717, 1.165) is 41.2 Å². The highest BCUT2D eigenvalue weighted by Gasteiger charge is 2.23. The van der Waals surface area contributed by atoms with Crippen molar-refractivity contribution in [2.75, 3.05) is 25.1 Å². The van der Waals surface area contributed by atoms with Crippen molar-refractivity contribution in [3.63, 3.8) is 0 Å². The average Bonchev–Trinajstić information content (AvgIpc) is 3.22. The van der Waals surface area contributed by atoms with Gasteiger partial charge in [0.1, 0.15) is 5.75 Å². The molecule has 7 heteroatoms. The van der Waals surface area contributed by atoms with E-state index in [-0.39, 0.29) is 0 Å². The van der Waals surface area contributed by atoms with Crippen LogP contribution in [0.5, 0.6) is 5.75 Å². The summed E-state index contributed by atoms with van der Waals surface area (Å²) in [4.78, 5) is 2.31. The smallest absolute Gasteiger partial charge is 0.232 e. The van der Waals surface area contributed by atoms with Crippen LogP contribution < -0.4 is 9.64 Å². The zero-order chi connectivity index (χ0) is 20.1. The third-order valence-corrected chi connectivity index (χ3v) is 6.01. The first-order chi connectivity index (χ1) is 14.3. The molecule has 0 aliphatic carbocycles. The SMILES string of the molecule is COc1ccccc1-n1c(SCc2cccc(C#N)c2)nnc1N1CCCCC1. The molecule has 3 aromatic rings. The summed E-state index contributed by atoms with van der Waals surface area (Å²) in [6.45, 7) is 1.98. The Bertz CT molecular complexity index is 1020. The number of hydrogen-bond donors (Lipinski definition) is 0. The van der Waals surface area contributed by atoms with Gasteiger partial charge < -0.3 is 9.64 Å². The third-order valence-electron chi connectivity index (χ3n) is 5.01. The second-order valence-corrected chi connectivity index (χ2v) is 7.88. The Morgan fingerprint density at radius 2 is 1.90 bits per heavy atom. The van der Waals surface area contributed by atoms with E-state index >= 15 is 0 Å². The lowest BCUT2D eigenvalue weighted by atomic mass is 10.1. The lowest BCUT2D eigenvalue weighted by Gasteiger charge is -2.28. The molecule has 0 amide bonds. The van der Waals surface area contributed by atoms with E-state index in [1.54, 1.807) is 18.9 Å². The van der Waals surface area contributed by atoms with E-state index in [1.165, 1.54) is 19.3 Å². The second kappa shape index (κ2) is 9.01. The molecule has 0 bridgehead atoms. The fourth-order valence-electron chi connectivity index (χ4n) is 3.56. The lowest BCUT2D eigenvalue weighted by Crippen LogP contribution is -2.31. The maximum atomic E-state index is 9.14. The summed E-state index contributed by atoms with van der Waals surface area (Å²) >= 11 is 1.62. The molecular weight excluding hydrogens is 382 g/mol. The van der Waals surface area contributed by atoms with Gasteiger partial charge in [0.25, 0.3) is 0 Å². The Balaban J connectivity index is 1.69. The van der Waals surface area contributed by atoms with Crippen LogP contribution in [0.2, 0.25) is 0 Å². The van der Waals surface area contributed by atoms with Gasteiger partial charge in [-0.15, -0.1) is 10.2 Å². The third kappa shape index (κ3) is 4.22. The predicted molar refractivity (Wildman–Crippen MR) is 115 cm³/mol. The number of piperidine rings is 1. The molecule has 0 unspecified atom stereocenters. The number of benzene rings is 2. The highest BCUT2D eigenvalue weighted by Crippen LogP contribution is 2.33. The molecule has 1 fully saturated rings. The molecule has 0 radical (unpaired) electrons. The van der Waals surface area contributed by atoms with Crippen molar-refractivity contribution in [3.8, 4) is 17.5 Å². The fraction of sp³-hybridized carbons (Fsp3) is 0.318. The molecule has 0 spiro atoms. The largest absolute Gasteiger partial charge is 0.495 e. The number of aromatic nitrogens is 3. The minimum Gasteiger partial charge on any atom is -0.495 e. The first-order valence-electron chi connectivity index (χ1n) is 9.76.